The lowest BCUT2D eigenvalue weighted by Crippen LogP contribution is -2.59. The van der Waals surface area contributed by atoms with E-state index in [1.807, 2.05) is 0 Å². The van der Waals surface area contributed by atoms with Crippen LogP contribution in [0.4, 0.5) is 4.79 Å². The smallest absolute Gasteiger partial charge is 0.408 e. The molecule has 0 bridgehead atoms. The quantitative estimate of drug-likeness (QED) is 0.748. The lowest BCUT2D eigenvalue weighted by Gasteiger charge is -2.37. The molecule has 2 saturated heterocycles. The van der Waals surface area contributed by atoms with Gasteiger partial charge in [0.25, 0.3) is 5.91 Å². The molecule has 2 atom stereocenters. The molecule has 2 heterocycles. The molecule has 2 rings (SSSR count). The molecule has 0 radical (unpaired) electrons. The summed E-state index contributed by atoms with van der Waals surface area (Å²) in [5, 5.41) is 13.1. The number of aliphatic hydroxyl groups is 1. The summed E-state index contributed by atoms with van der Waals surface area (Å²) in [5.74, 6) is -0.442. The van der Waals surface area contributed by atoms with Crippen LogP contribution in [0.15, 0.2) is 0 Å². The van der Waals surface area contributed by atoms with Gasteiger partial charge in [-0.15, -0.1) is 0 Å². The monoisotopic (exact) mass is 355 g/mol. The number of piperidine rings is 1. The number of likely N-dealkylation sites (tertiary alicyclic amines) is 2. The molecule has 0 spiro atoms. The van der Waals surface area contributed by atoms with Crippen molar-refractivity contribution in [3.05, 3.63) is 0 Å². The Morgan fingerprint density at radius 3 is 2.40 bits per heavy atom. The average Bonchev–Trinajstić information content (AvgIpc) is 2.44. The summed E-state index contributed by atoms with van der Waals surface area (Å²) in [6, 6.07) is -0.898. The number of ether oxygens (including phenoxy) is 1. The highest BCUT2D eigenvalue weighted by atomic mass is 16.6. The first-order valence-electron chi connectivity index (χ1n) is 8.91. The molecular weight excluding hydrogens is 326 g/mol. The van der Waals surface area contributed by atoms with Gasteiger partial charge in [0.15, 0.2) is 6.10 Å². The van der Waals surface area contributed by atoms with Crippen LogP contribution in [-0.4, -0.2) is 76.7 Å². The van der Waals surface area contributed by atoms with Crippen LogP contribution in [0.1, 0.15) is 46.5 Å². The number of amides is 3. The largest absolute Gasteiger partial charge is 0.444 e. The number of nitrogens with zero attached hydrogens (tertiary/aromatic N) is 2. The Labute approximate surface area is 148 Å². The SMILES string of the molecule is CC(C)(C)OC(=O)N[C@@H](CN1CCCCC1=O)C(O)C(=O)N1CCC1. The Hall–Kier alpha value is -1.83. The van der Waals surface area contributed by atoms with E-state index in [0.29, 0.717) is 26.1 Å². The minimum atomic E-state index is -1.40. The maximum absolute atomic E-state index is 12.3. The molecule has 3 amide bonds. The third kappa shape index (κ3) is 5.59. The van der Waals surface area contributed by atoms with Gasteiger partial charge in [0.05, 0.1) is 6.04 Å². The van der Waals surface area contributed by atoms with Gasteiger partial charge in [-0.05, 0) is 40.0 Å². The third-order valence-electron chi connectivity index (χ3n) is 4.34. The van der Waals surface area contributed by atoms with Crippen LogP contribution in [0.2, 0.25) is 0 Å². The van der Waals surface area contributed by atoms with Crippen molar-refractivity contribution < 1.29 is 24.2 Å². The number of nitrogens with one attached hydrogen (secondary N) is 1. The Morgan fingerprint density at radius 2 is 1.88 bits per heavy atom. The normalized spacial score (nSPS) is 20.6. The number of aliphatic hydroxyl groups excluding tert-OH is 1. The van der Waals surface area contributed by atoms with Crippen LogP contribution in [0.25, 0.3) is 0 Å². The predicted octanol–water partition coefficient (Wildman–Crippen LogP) is 0.485. The zero-order valence-electron chi connectivity index (χ0n) is 15.3. The van der Waals surface area contributed by atoms with E-state index < -0.39 is 29.7 Å². The fourth-order valence-electron chi connectivity index (χ4n) is 2.87. The van der Waals surface area contributed by atoms with Gasteiger partial charge in [-0.1, -0.05) is 0 Å². The molecule has 2 aliphatic heterocycles. The van der Waals surface area contributed by atoms with E-state index in [0.717, 1.165) is 19.3 Å². The minimum absolute atomic E-state index is 0.0224. The molecule has 0 aliphatic carbocycles. The van der Waals surface area contributed by atoms with Gasteiger partial charge in [-0.3, -0.25) is 9.59 Å². The average molecular weight is 355 g/mol. The van der Waals surface area contributed by atoms with Crippen molar-refractivity contribution in [1.82, 2.24) is 15.1 Å². The van der Waals surface area contributed by atoms with Crippen LogP contribution in [0.5, 0.6) is 0 Å². The molecule has 2 N–H and O–H groups in total. The first-order valence-corrected chi connectivity index (χ1v) is 8.91. The van der Waals surface area contributed by atoms with Gasteiger partial charge in [-0.2, -0.15) is 0 Å². The van der Waals surface area contributed by atoms with Gasteiger partial charge in [0.2, 0.25) is 5.91 Å². The van der Waals surface area contributed by atoms with Crippen molar-refractivity contribution in [2.75, 3.05) is 26.2 Å². The molecule has 8 nitrogen and oxygen atoms in total. The molecule has 142 valence electrons. The molecule has 25 heavy (non-hydrogen) atoms. The summed E-state index contributed by atoms with van der Waals surface area (Å²) in [7, 11) is 0. The summed E-state index contributed by atoms with van der Waals surface area (Å²) in [5.41, 5.74) is -0.692. The molecule has 0 aromatic rings. The lowest BCUT2D eigenvalue weighted by molar-refractivity contribution is -0.147. The van der Waals surface area contributed by atoms with Crippen molar-refractivity contribution >= 4 is 17.9 Å². The minimum Gasteiger partial charge on any atom is -0.444 e. The number of carbonyl (C=O) groups is 3. The first kappa shape index (κ1) is 19.5. The Morgan fingerprint density at radius 1 is 1.20 bits per heavy atom. The number of alkyl carbamates (subject to hydrolysis) is 1. The van der Waals surface area contributed by atoms with Crippen molar-refractivity contribution in [2.45, 2.75) is 64.2 Å². The molecule has 0 saturated carbocycles. The molecule has 2 aliphatic rings. The fourth-order valence-corrected chi connectivity index (χ4v) is 2.87. The zero-order chi connectivity index (χ0) is 18.6. The summed E-state index contributed by atoms with van der Waals surface area (Å²) >= 11 is 0. The number of carbonyl (C=O) groups excluding carboxylic acids is 3. The summed E-state index contributed by atoms with van der Waals surface area (Å²) in [6.07, 6.45) is 0.971. The second-order valence-corrected chi connectivity index (χ2v) is 7.67. The maximum atomic E-state index is 12.3. The van der Waals surface area contributed by atoms with E-state index >= 15 is 0 Å². The molecular formula is C17H29N3O5. The number of hydrogen-bond donors (Lipinski definition) is 2. The maximum Gasteiger partial charge on any atom is 0.408 e. The van der Waals surface area contributed by atoms with Gasteiger partial charge in [0, 0.05) is 32.6 Å². The molecule has 1 unspecified atom stereocenters. The summed E-state index contributed by atoms with van der Waals surface area (Å²) in [6.45, 7) is 7.08. The first-order chi connectivity index (χ1) is 11.7. The highest BCUT2D eigenvalue weighted by molar-refractivity contribution is 5.83. The predicted molar refractivity (Wildman–Crippen MR) is 90.8 cm³/mol. The van der Waals surface area contributed by atoms with Crippen molar-refractivity contribution in [3.63, 3.8) is 0 Å². The van der Waals surface area contributed by atoms with Crippen molar-refractivity contribution in [2.24, 2.45) is 0 Å². The van der Waals surface area contributed by atoms with E-state index in [4.69, 9.17) is 4.74 Å². The van der Waals surface area contributed by atoms with Gasteiger partial charge in [0.1, 0.15) is 5.60 Å². The molecule has 2 fully saturated rings. The third-order valence-corrected chi connectivity index (χ3v) is 4.34. The van der Waals surface area contributed by atoms with Crippen LogP contribution in [0.3, 0.4) is 0 Å². The fraction of sp³-hybridized carbons (Fsp3) is 0.824. The Balaban J connectivity index is 2.04. The van der Waals surface area contributed by atoms with E-state index in [9.17, 15) is 19.5 Å². The van der Waals surface area contributed by atoms with Gasteiger partial charge < -0.3 is 25.0 Å². The van der Waals surface area contributed by atoms with Gasteiger partial charge >= 0.3 is 6.09 Å². The molecule has 0 aromatic heterocycles. The van der Waals surface area contributed by atoms with E-state index in [-0.39, 0.29) is 12.5 Å². The van der Waals surface area contributed by atoms with E-state index in [1.165, 1.54) is 0 Å². The second kappa shape index (κ2) is 8.03. The Kier molecular flexibility index (Phi) is 6.26. The van der Waals surface area contributed by atoms with Crippen LogP contribution in [0, 0.1) is 0 Å². The molecule has 0 aromatic carbocycles. The van der Waals surface area contributed by atoms with Crippen LogP contribution < -0.4 is 5.32 Å². The standard InChI is InChI=1S/C17H29N3O5/c1-17(2,3)25-16(24)18-12(11-20-8-5-4-7-13(20)21)14(22)15(23)19-9-6-10-19/h12,14,22H,4-11H2,1-3H3,(H,18,24)/t12-,14?/m0/s1. The zero-order valence-corrected chi connectivity index (χ0v) is 15.3. The molecule has 8 heteroatoms. The van der Waals surface area contributed by atoms with Crippen molar-refractivity contribution in [3.8, 4) is 0 Å². The topological polar surface area (TPSA) is 99.2 Å². The number of hydrogen-bond acceptors (Lipinski definition) is 5. The van der Waals surface area contributed by atoms with E-state index in [1.54, 1.807) is 30.6 Å². The number of rotatable bonds is 5. The highest BCUT2D eigenvalue weighted by Gasteiger charge is 2.36. The second-order valence-electron chi connectivity index (χ2n) is 7.67. The van der Waals surface area contributed by atoms with E-state index in [2.05, 4.69) is 5.32 Å². The highest BCUT2D eigenvalue weighted by Crippen LogP contribution is 2.15. The summed E-state index contributed by atoms with van der Waals surface area (Å²) in [4.78, 5) is 39.6. The summed E-state index contributed by atoms with van der Waals surface area (Å²) < 4.78 is 5.23. The van der Waals surface area contributed by atoms with Crippen LogP contribution in [-0.2, 0) is 14.3 Å². The lowest BCUT2D eigenvalue weighted by atomic mass is 10.0. The van der Waals surface area contributed by atoms with Crippen LogP contribution >= 0.6 is 0 Å². The van der Waals surface area contributed by atoms with Gasteiger partial charge in [-0.25, -0.2) is 4.79 Å². The Bertz CT molecular complexity index is 513. The van der Waals surface area contributed by atoms with Crippen molar-refractivity contribution in [1.29, 1.82) is 0 Å².